The second-order valence-corrected chi connectivity index (χ2v) is 4.12. The molecule has 2 aromatic carbocycles. The highest BCUT2D eigenvalue weighted by molar-refractivity contribution is 6.02. The molecule has 1 amide bonds. The van der Waals surface area contributed by atoms with Crippen molar-refractivity contribution in [2.45, 2.75) is 0 Å². The topological polar surface area (TPSA) is 55.1 Å². The fourth-order valence-electron chi connectivity index (χ4n) is 1.60. The van der Waals surface area contributed by atoms with E-state index in [1.54, 1.807) is 24.3 Å². The Morgan fingerprint density at radius 3 is 2.70 bits per heavy atom. The Morgan fingerprint density at radius 1 is 1.15 bits per heavy atom. The van der Waals surface area contributed by atoms with Gasteiger partial charge in [-0.15, -0.1) is 0 Å². The van der Waals surface area contributed by atoms with Crippen LogP contribution in [-0.4, -0.2) is 5.91 Å². The number of benzene rings is 2. The van der Waals surface area contributed by atoms with E-state index in [9.17, 15) is 13.6 Å². The number of hydrogen-bond donors (Lipinski definition) is 2. The van der Waals surface area contributed by atoms with Gasteiger partial charge in [0.1, 0.15) is 11.6 Å². The lowest BCUT2D eigenvalue weighted by Crippen LogP contribution is -2.09. The van der Waals surface area contributed by atoms with Crippen molar-refractivity contribution >= 4 is 23.4 Å². The predicted octanol–water partition coefficient (Wildman–Crippen LogP) is 3.20. The summed E-state index contributed by atoms with van der Waals surface area (Å²) in [5, 5.41) is 2.26. The summed E-state index contributed by atoms with van der Waals surface area (Å²) in [5.74, 6) is -1.88. The number of halogens is 2. The van der Waals surface area contributed by atoms with Crippen LogP contribution in [0.25, 0.3) is 6.08 Å². The Kier molecular flexibility index (Phi) is 4.10. The van der Waals surface area contributed by atoms with Gasteiger partial charge in [-0.25, -0.2) is 8.78 Å². The molecular formula is C15H12F2N2O. The van der Waals surface area contributed by atoms with Crippen molar-refractivity contribution in [3.63, 3.8) is 0 Å². The summed E-state index contributed by atoms with van der Waals surface area (Å²) >= 11 is 0. The second-order valence-electron chi connectivity index (χ2n) is 4.12. The Morgan fingerprint density at radius 2 is 1.95 bits per heavy atom. The summed E-state index contributed by atoms with van der Waals surface area (Å²) in [7, 11) is 0. The first-order chi connectivity index (χ1) is 9.54. The van der Waals surface area contributed by atoms with Crippen LogP contribution in [0.15, 0.2) is 48.5 Å². The number of rotatable bonds is 3. The number of amides is 1. The second kappa shape index (κ2) is 5.97. The van der Waals surface area contributed by atoms with Crippen molar-refractivity contribution < 1.29 is 13.6 Å². The summed E-state index contributed by atoms with van der Waals surface area (Å²) in [6, 6.07) is 9.77. The first-order valence-electron chi connectivity index (χ1n) is 5.84. The predicted molar refractivity (Wildman–Crippen MR) is 74.9 cm³/mol. The molecule has 0 radical (unpaired) electrons. The lowest BCUT2D eigenvalue weighted by atomic mass is 10.2. The van der Waals surface area contributed by atoms with Crippen molar-refractivity contribution in [3.05, 3.63) is 65.7 Å². The molecule has 0 aliphatic heterocycles. The van der Waals surface area contributed by atoms with Gasteiger partial charge in [0.25, 0.3) is 0 Å². The van der Waals surface area contributed by atoms with E-state index < -0.39 is 17.5 Å². The van der Waals surface area contributed by atoms with E-state index in [-0.39, 0.29) is 5.69 Å². The molecule has 3 nitrogen and oxygen atoms in total. The molecule has 5 heteroatoms. The minimum Gasteiger partial charge on any atom is -0.399 e. The summed E-state index contributed by atoms with van der Waals surface area (Å²) in [6.45, 7) is 0. The molecule has 0 saturated carbocycles. The maximum absolute atomic E-state index is 13.3. The number of nitrogens with two attached hydrogens (primary N) is 1. The van der Waals surface area contributed by atoms with Gasteiger partial charge in [0, 0.05) is 17.8 Å². The van der Waals surface area contributed by atoms with Crippen molar-refractivity contribution in [2.75, 3.05) is 11.1 Å². The summed E-state index contributed by atoms with van der Waals surface area (Å²) < 4.78 is 26.3. The van der Waals surface area contributed by atoms with Crippen LogP contribution in [0.1, 0.15) is 5.56 Å². The lowest BCUT2D eigenvalue weighted by Gasteiger charge is -2.03. The minimum absolute atomic E-state index is 0.202. The van der Waals surface area contributed by atoms with E-state index in [2.05, 4.69) is 5.32 Å². The van der Waals surface area contributed by atoms with E-state index in [0.29, 0.717) is 5.69 Å². The quantitative estimate of drug-likeness (QED) is 0.667. The van der Waals surface area contributed by atoms with E-state index in [0.717, 1.165) is 23.8 Å². The molecule has 0 aromatic heterocycles. The number of carbonyl (C=O) groups excluding carboxylic acids is 1. The lowest BCUT2D eigenvalue weighted by molar-refractivity contribution is -0.111. The van der Waals surface area contributed by atoms with Gasteiger partial charge in [-0.3, -0.25) is 4.79 Å². The molecule has 0 spiro atoms. The fraction of sp³-hybridized carbons (Fsp3) is 0. The van der Waals surface area contributed by atoms with Crippen LogP contribution in [0, 0.1) is 11.6 Å². The zero-order valence-electron chi connectivity index (χ0n) is 10.4. The summed E-state index contributed by atoms with van der Waals surface area (Å²) in [5.41, 5.74) is 6.71. The number of nitrogen functional groups attached to an aromatic ring is 1. The van der Waals surface area contributed by atoms with Gasteiger partial charge in [-0.05, 0) is 35.9 Å². The molecule has 3 N–H and O–H groups in total. The molecule has 0 fully saturated rings. The third kappa shape index (κ3) is 3.65. The van der Waals surface area contributed by atoms with Crippen LogP contribution in [-0.2, 0) is 4.79 Å². The fourth-order valence-corrected chi connectivity index (χ4v) is 1.60. The summed E-state index contributed by atoms with van der Waals surface area (Å²) in [6.07, 6.45) is 2.75. The van der Waals surface area contributed by atoms with Gasteiger partial charge < -0.3 is 11.1 Å². The van der Waals surface area contributed by atoms with E-state index in [1.807, 2.05) is 0 Å². The first-order valence-corrected chi connectivity index (χ1v) is 5.84. The number of carbonyl (C=O) groups is 1. The maximum atomic E-state index is 13.3. The standard InChI is InChI=1S/C15H12F2N2O/c16-11-5-6-13(17)14(9-11)19-15(20)7-4-10-2-1-3-12(18)8-10/h1-9H,18H2,(H,19,20)/b7-4+. The zero-order chi connectivity index (χ0) is 14.5. The summed E-state index contributed by atoms with van der Waals surface area (Å²) in [4.78, 5) is 11.6. The highest BCUT2D eigenvalue weighted by Gasteiger charge is 2.05. The Bertz CT molecular complexity index is 669. The first kappa shape index (κ1) is 13.7. The van der Waals surface area contributed by atoms with Gasteiger partial charge in [-0.2, -0.15) is 0 Å². The van der Waals surface area contributed by atoms with E-state index in [4.69, 9.17) is 5.73 Å². The normalized spacial score (nSPS) is 10.7. The van der Waals surface area contributed by atoms with Crippen LogP contribution in [0.4, 0.5) is 20.2 Å². The molecular weight excluding hydrogens is 262 g/mol. The Balaban J connectivity index is 2.07. The van der Waals surface area contributed by atoms with Crippen molar-refractivity contribution in [2.24, 2.45) is 0 Å². The smallest absolute Gasteiger partial charge is 0.248 e. The van der Waals surface area contributed by atoms with E-state index >= 15 is 0 Å². The third-order valence-electron chi connectivity index (χ3n) is 2.52. The maximum Gasteiger partial charge on any atom is 0.248 e. The third-order valence-corrected chi connectivity index (χ3v) is 2.52. The van der Waals surface area contributed by atoms with Gasteiger partial charge in [0.15, 0.2) is 0 Å². The molecule has 0 bridgehead atoms. The molecule has 2 rings (SSSR count). The highest BCUT2D eigenvalue weighted by atomic mass is 19.1. The average Bonchev–Trinajstić information content (AvgIpc) is 2.41. The average molecular weight is 274 g/mol. The van der Waals surface area contributed by atoms with Gasteiger partial charge in [0.05, 0.1) is 5.69 Å². The van der Waals surface area contributed by atoms with Crippen LogP contribution in [0.2, 0.25) is 0 Å². The Labute approximate surface area is 114 Å². The van der Waals surface area contributed by atoms with Crippen molar-refractivity contribution in [1.82, 2.24) is 0 Å². The molecule has 102 valence electrons. The van der Waals surface area contributed by atoms with Crippen LogP contribution in [0.3, 0.4) is 0 Å². The minimum atomic E-state index is -0.697. The van der Waals surface area contributed by atoms with Gasteiger partial charge in [-0.1, -0.05) is 12.1 Å². The zero-order valence-corrected chi connectivity index (χ0v) is 10.4. The molecule has 0 heterocycles. The van der Waals surface area contributed by atoms with Gasteiger partial charge in [0.2, 0.25) is 5.91 Å². The molecule has 0 unspecified atom stereocenters. The molecule has 20 heavy (non-hydrogen) atoms. The van der Waals surface area contributed by atoms with Crippen molar-refractivity contribution in [3.8, 4) is 0 Å². The highest BCUT2D eigenvalue weighted by Crippen LogP contribution is 2.15. The largest absolute Gasteiger partial charge is 0.399 e. The number of anilines is 2. The molecule has 0 aliphatic carbocycles. The molecule has 2 aromatic rings. The molecule has 0 aliphatic rings. The monoisotopic (exact) mass is 274 g/mol. The van der Waals surface area contributed by atoms with Crippen LogP contribution < -0.4 is 11.1 Å². The molecule has 0 atom stereocenters. The van der Waals surface area contributed by atoms with Crippen LogP contribution >= 0.6 is 0 Å². The number of nitrogens with one attached hydrogen (secondary N) is 1. The van der Waals surface area contributed by atoms with Gasteiger partial charge >= 0.3 is 0 Å². The number of hydrogen-bond acceptors (Lipinski definition) is 2. The SMILES string of the molecule is Nc1cccc(/C=C/C(=O)Nc2cc(F)ccc2F)c1. The molecule has 0 saturated heterocycles. The van der Waals surface area contributed by atoms with Crippen LogP contribution in [0.5, 0.6) is 0 Å². The van der Waals surface area contributed by atoms with E-state index in [1.165, 1.54) is 12.2 Å². The van der Waals surface area contributed by atoms with Crippen molar-refractivity contribution in [1.29, 1.82) is 0 Å². The Hall–Kier alpha value is -2.69.